The molecule has 0 unspecified atom stereocenters. The molecule has 5 rings (SSSR count). The number of sulfone groups is 1. The van der Waals surface area contributed by atoms with E-state index in [1.807, 2.05) is 0 Å². The number of aliphatic hydroxyl groups excluding tert-OH is 2. The number of fused-ring (bicyclic) bond motifs is 5. The largest absolute Gasteiger partial charge is 0.393 e. The third-order valence-electron chi connectivity index (χ3n) is 12.8. The molecule has 7 heteroatoms. The van der Waals surface area contributed by atoms with Crippen molar-refractivity contribution >= 4 is 27.2 Å². The summed E-state index contributed by atoms with van der Waals surface area (Å²) in [6.07, 6.45) is 9.88. The van der Waals surface area contributed by atoms with Gasteiger partial charge in [-0.2, -0.15) is 0 Å². The molecule has 230 valence electrons. The lowest BCUT2D eigenvalue weighted by Gasteiger charge is -2.64. The van der Waals surface area contributed by atoms with Crippen LogP contribution in [0.4, 0.5) is 0 Å². The smallest absolute Gasteiger partial charge is 0.185 e. The zero-order chi connectivity index (χ0) is 29.7. The van der Waals surface area contributed by atoms with Crippen molar-refractivity contribution < 1.29 is 23.4 Å². The Bertz CT molecular complexity index is 1220. The van der Waals surface area contributed by atoms with Gasteiger partial charge in [0.15, 0.2) is 9.84 Å². The topological polar surface area (TPSA) is 91.7 Å². The summed E-state index contributed by atoms with van der Waals surface area (Å²) >= 11 is 5.96. The minimum Gasteiger partial charge on any atom is -0.393 e. The van der Waals surface area contributed by atoms with Crippen LogP contribution in [0.2, 0.25) is 5.02 Å². The molecule has 0 aliphatic heterocycles. The molecule has 0 aromatic heterocycles. The lowest BCUT2D eigenvalue weighted by molar-refractivity contribution is -0.203. The molecule has 0 radical (unpaired) electrons. The van der Waals surface area contributed by atoms with Gasteiger partial charge < -0.3 is 10.2 Å². The molecule has 41 heavy (non-hydrogen) atoms. The molecule has 0 bridgehead atoms. The molecular weight excluding hydrogens is 556 g/mol. The maximum Gasteiger partial charge on any atom is 0.185 e. The second-order valence-electron chi connectivity index (χ2n) is 14.7. The van der Waals surface area contributed by atoms with E-state index < -0.39 is 15.6 Å². The number of hydrogen-bond donors (Lipinski definition) is 2. The molecule has 4 aliphatic carbocycles. The number of benzene rings is 1. The monoisotopic (exact) mass is 606 g/mol. The highest BCUT2D eigenvalue weighted by atomic mass is 35.5. The Labute approximate surface area is 252 Å². The van der Waals surface area contributed by atoms with E-state index >= 15 is 0 Å². The summed E-state index contributed by atoms with van der Waals surface area (Å²) in [7, 11) is -3.69. The average Bonchev–Trinajstić information content (AvgIpc) is 3.27. The van der Waals surface area contributed by atoms with Crippen molar-refractivity contribution in [2.24, 2.45) is 52.3 Å². The molecule has 2 N–H and O–H groups in total. The van der Waals surface area contributed by atoms with Crippen LogP contribution in [0.1, 0.15) is 98.3 Å². The highest BCUT2D eigenvalue weighted by Crippen LogP contribution is 2.69. The van der Waals surface area contributed by atoms with E-state index in [-0.39, 0.29) is 46.1 Å². The van der Waals surface area contributed by atoms with E-state index in [4.69, 9.17) is 11.6 Å². The van der Waals surface area contributed by atoms with E-state index in [0.717, 1.165) is 38.5 Å². The van der Waals surface area contributed by atoms with Crippen LogP contribution < -0.4 is 0 Å². The zero-order valence-corrected chi connectivity index (χ0v) is 27.0. The number of hydrogen-bond acceptors (Lipinski definition) is 5. The first kappa shape index (κ1) is 31.5. The first-order chi connectivity index (χ1) is 19.3. The van der Waals surface area contributed by atoms with Gasteiger partial charge in [-0.15, -0.1) is 0 Å². The molecule has 0 saturated heterocycles. The number of carbonyl (C=O) groups is 1. The van der Waals surface area contributed by atoms with E-state index in [2.05, 4.69) is 27.7 Å². The third kappa shape index (κ3) is 5.69. The summed E-state index contributed by atoms with van der Waals surface area (Å²) in [5, 5.41) is 22.8. The highest BCUT2D eigenvalue weighted by Gasteiger charge is 2.64. The van der Waals surface area contributed by atoms with Gasteiger partial charge in [-0.05, 0) is 122 Å². The summed E-state index contributed by atoms with van der Waals surface area (Å²) in [4.78, 5) is 12.8. The van der Waals surface area contributed by atoms with Crippen LogP contribution in [-0.2, 0) is 14.6 Å². The number of halogens is 1. The molecule has 5 nitrogen and oxygen atoms in total. The van der Waals surface area contributed by atoms with Crippen LogP contribution in [0.5, 0.6) is 0 Å². The van der Waals surface area contributed by atoms with Crippen LogP contribution in [-0.4, -0.2) is 42.4 Å². The van der Waals surface area contributed by atoms with Crippen molar-refractivity contribution in [3.63, 3.8) is 0 Å². The Balaban J connectivity index is 1.22. The fourth-order valence-corrected chi connectivity index (χ4v) is 12.4. The molecule has 0 heterocycles. The van der Waals surface area contributed by atoms with Gasteiger partial charge in [-0.1, -0.05) is 58.2 Å². The number of ketones is 1. The lowest BCUT2D eigenvalue weighted by Crippen LogP contribution is -2.62. The summed E-state index contributed by atoms with van der Waals surface area (Å²) < 4.78 is 25.4. The van der Waals surface area contributed by atoms with E-state index in [0.29, 0.717) is 47.0 Å². The summed E-state index contributed by atoms with van der Waals surface area (Å²) in [5.41, 5.74) is 0.401. The minimum absolute atomic E-state index is 0.104. The van der Waals surface area contributed by atoms with Gasteiger partial charge >= 0.3 is 0 Å². The van der Waals surface area contributed by atoms with Gasteiger partial charge in [0, 0.05) is 11.4 Å². The number of carbonyl (C=O) groups excluding carboxylic acids is 1. The van der Waals surface area contributed by atoms with Crippen LogP contribution in [0, 0.1) is 52.3 Å². The van der Waals surface area contributed by atoms with Gasteiger partial charge in [0.05, 0.1) is 17.1 Å². The molecule has 11 atom stereocenters. The van der Waals surface area contributed by atoms with Crippen molar-refractivity contribution in [2.45, 2.75) is 115 Å². The first-order valence-corrected chi connectivity index (χ1v) is 18.2. The predicted molar refractivity (Wildman–Crippen MR) is 163 cm³/mol. The molecule has 4 fully saturated rings. The van der Waals surface area contributed by atoms with Crippen molar-refractivity contribution in [3.05, 3.63) is 29.3 Å². The number of Topliss-reactive ketones (excluding diaryl/α,β-unsaturated/α-hetero) is 1. The Morgan fingerprint density at radius 3 is 2.46 bits per heavy atom. The van der Waals surface area contributed by atoms with Crippen molar-refractivity contribution in [2.75, 3.05) is 5.75 Å². The van der Waals surface area contributed by atoms with E-state index in [1.54, 1.807) is 12.1 Å². The van der Waals surface area contributed by atoms with Gasteiger partial charge in [-0.3, -0.25) is 4.79 Å². The Morgan fingerprint density at radius 2 is 1.76 bits per heavy atom. The van der Waals surface area contributed by atoms with Crippen LogP contribution >= 0.6 is 11.6 Å². The fraction of sp³-hybridized carbons (Fsp3) is 0.794. The maximum atomic E-state index is 12.7. The van der Waals surface area contributed by atoms with Crippen molar-refractivity contribution in [3.8, 4) is 0 Å². The quantitative estimate of drug-likeness (QED) is 0.312. The van der Waals surface area contributed by atoms with Crippen molar-refractivity contribution in [1.82, 2.24) is 0 Å². The number of rotatable bonds is 9. The molecule has 4 aliphatic rings. The minimum atomic E-state index is -3.69. The van der Waals surface area contributed by atoms with Crippen LogP contribution in [0.3, 0.4) is 0 Å². The first-order valence-electron chi connectivity index (χ1n) is 16.2. The fourth-order valence-electron chi connectivity index (χ4n) is 10.8. The summed E-state index contributed by atoms with van der Waals surface area (Å²) in [6.45, 7) is 9.51. The molecular formula is C34H51ClO5S. The lowest BCUT2D eigenvalue weighted by atomic mass is 9.41. The second-order valence-corrected chi connectivity index (χ2v) is 17.2. The molecule has 0 amide bonds. The van der Waals surface area contributed by atoms with Crippen LogP contribution in [0.15, 0.2) is 29.2 Å². The number of aliphatic hydroxyl groups is 2. The van der Waals surface area contributed by atoms with Gasteiger partial charge in [0.2, 0.25) is 0 Å². The normalized spacial score (nSPS) is 41.2. The Morgan fingerprint density at radius 1 is 1.05 bits per heavy atom. The highest BCUT2D eigenvalue weighted by molar-refractivity contribution is 7.92. The third-order valence-corrected chi connectivity index (χ3v) is 14.7. The summed E-state index contributed by atoms with van der Waals surface area (Å²) in [5.74, 6) is 2.38. The van der Waals surface area contributed by atoms with E-state index in [1.165, 1.54) is 31.4 Å². The van der Waals surface area contributed by atoms with E-state index in [9.17, 15) is 23.4 Å². The summed E-state index contributed by atoms with van der Waals surface area (Å²) in [6, 6.07) is 6.12. The maximum absolute atomic E-state index is 12.7. The average molecular weight is 607 g/mol. The SMILES string of the molecule is CC[C@H]1[C@@H](O)[C@@H]2[C@H](CC[C@]3(C)[C@@H]([C@H](C)CCCC(=O)CS(=O)(=O)c4cccc(Cl)c4)CC[C@@H]23)[C@@]2(C)CC[C@@H](O)C[C@@H]12. The van der Waals surface area contributed by atoms with Gasteiger partial charge in [0.1, 0.15) is 11.5 Å². The van der Waals surface area contributed by atoms with Gasteiger partial charge in [-0.25, -0.2) is 8.42 Å². The Hall–Kier alpha value is -0.950. The molecule has 4 saturated carbocycles. The van der Waals surface area contributed by atoms with Gasteiger partial charge in [0.25, 0.3) is 0 Å². The Kier molecular flexibility index (Phi) is 9.10. The second kappa shape index (κ2) is 11.9. The molecule has 1 aromatic rings. The van der Waals surface area contributed by atoms with Crippen molar-refractivity contribution in [1.29, 1.82) is 0 Å². The zero-order valence-electron chi connectivity index (χ0n) is 25.4. The standard InChI is InChI=1S/C34H51ClO5S/c1-5-26-30-19-23(36)14-16-34(30,4)29-15-17-33(3)27(12-13-28(33)31(29)32(26)38)21(2)8-6-10-24(37)20-41(39,40)25-11-7-9-22(35)18-25/h7,9,11,18,21,23,26-32,36,38H,5-6,8,10,12-17,19-20H2,1-4H3/t21-,23-,26-,27-,28+,29+,30+,31+,32-,33-,34-/m1/s1. The molecule has 0 spiro atoms. The van der Waals surface area contributed by atoms with Crippen LogP contribution in [0.25, 0.3) is 0 Å². The predicted octanol–water partition coefficient (Wildman–Crippen LogP) is 7.12. The molecule has 1 aromatic carbocycles.